The van der Waals surface area contributed by atoms with E-state index in [1.165, 1.54) is 0 Å². The van der Waals surface area contributed by atoms with Crippen LogP contribution in [-0.4, -0.2) is 22.4 Å². The standard InChI is InChI=1S/C6H12Cl3N2O2P/c1-3-10-14(13,11-4-2)5(12)6(7,8)9/h3-4H2,1-2H3,(H2,10,11,13). The summed E-state index contributed by atoms with van der Waals surface area (Å²) in [5.74, 6) is 0. The van der Waals surface area contributed by atoms with Gasteiger partial charge in [-0.25, -0.2) is 10.2 Å². The zero-order valence-corrected chi connectivity index (χ0v) is 11.0. The van der Waals surface area contributed by atoms with Crippen molar-refractivity contribution >= 4 is 47.8 Å². The van der Waals surface area contributed by atoms with Crippen LogP contribution in [0, 0.1) is 0 Å². The SMILES string of the molecule is CCNP(=O)(NCC)C(=O)C(Cl)(Cl)Cl. The normalized spacial score (nSPS) is 12.9. The third-order valence-corrected chi connectivity index (χ3v) is 4.63. The second-order valence-corrected chi connectivity index (χ2v) is 6.97. The molecule has 0 fully saturated rings. The maximum Gasteiger partial charge on any atom is 0.279 e. The molecule has 0 aromatic heterocycles. The maximum atomic E-state index is 11.9. The Morgan fingerprint density at radius 2 is 1.57 bits per heavy atom. The molecule has 84 valence electrons. The van der Waals surface area contributed by atoms with Gasteiger partial charge in [0.25, 0.3) is 16.8 Å². The summed E-state index contributed by atoms with van der Waals surface area (Å²) in [4.78, 5) is 11.5. The number of hydrogen-bond acceptors (Lipinski definition) is 2. The van der Waals surface area contributed by atoms with Crippen molar-refractivity contribution in [1.29, 1.82) is 0 Å². The molecule has 0 radical (unpaired) electrons. The summed E-state index contributed by atoms with van der Waals surface area (Å²) >= 11 is 16.1. The van der Waals surface area contributed by atoms with Gasteiger partial charge in [-0.05, 0) is 0 Å². The Kier molecular flexibility index (Phi) is 5.97. The Morgan fingerprint density at radius 1 is 1.21 bits per heavy atom. The maximum absolute atomic E-state index is 11.9. The highest BCUT2D eigenvalue weighted by molar-refractivity contribution is 7.78. The molecule has 0 saturated carbocycles. The van der Waals surface area contributed by atoms with E-state index in [2.05, 4.69) is 10.2 Å². The summed E-state index contributed by atoms with van der Waals surface area (Å²) in [5.41, 5.74) is -0.946. The predicted octanol–water partition coefficient (Wildman–Crippen LogP) is 2.30. The van der Waals surface area contributed by atoms with Gasteiger partial charge in [-0.2, -0.15) is 0 Å². The number of rotatable bonds is 5. The van der Waals surface area contributed by atoms with Gasteiger partial charge in [0.2, 0.25) is 0 Å². The van der Waals surface area contributed by atoms with E-state index in [9.17, 15) is 9.36 Å². The number of hydrogen-bond donors (Lipinski definition) is 2. The fourth-order valence-corrected chi connectivity index (χ4v) is 3.54. The Bertz CT molecular complexity index is 244. The predicted molar refractivity (Wildman–Crippen MR) is 60.3 cm³/mol. The Morgan fingerprint density at radius 3 is 1.79 bits per heavy atom. The van der Waals surface area contributed by atoms with Gasteiger partial charge in [0.15, 0.2) is 0 Å². The lowest BCUT2D eigenvalue weighted by atomic mass is 10.8. The number of carbonyl (C=O) groups is 1. The molecule has 14 heavy (non-hydrogen) atoms. The molecule has 0 bridgehead atoms. The molecule has 0 aromatic rings. The molecule has 0 heterocycles. The average Bonchev–Trinajstić information content (AvgIpc) is 2.02. The molecule has 0 rings (SSSR count). The smallest absolute Gasteiger partial charge is 0.279 e. The van der Waals surface area contributed by atoms with Gasteiger partial charge < -0.3 is 0 Å². The molecule has 0 saturated heterocycles. The topological polar surface area (TPSA) is 58.2 Å². The van der Waals surface area contributed by atoms with Crippen molar-refractivity contribution in [2.24, 2.45) is 0 Å². The van der Waals surface area contributed by atoms with E-state index in [1.54, 1.807) is 13.8 Å². The second kappa shape index (κ2) is 5.69. The summed E-state index contributed by atoms with van der Waals surface area (Å²) in [6.45, 7) is 4.10. The van der Waals surface area contributed by atoms with Gasteiger partial charge in [0, 0.05) is 13.1 Å². The highest BCUT2D eigenvalue weighted by Crippen LogP contribution is 2.46. The number of nitrogens with one attached hydrogen (secondary N) is 2. The Labute approximate surface area is 98.1 Å². The molecule has 0 aliphatic carbocycles. The minimum absolute atomic E-state index is 0.344. The van der Waals surface area contributed by atoms with Gasteiger partial charge >= 0.3 is 0 Å². The van der Waals surface area contributed by atoms with Crippen molar-refractivity contribution in [2.45, 2.75) is 17.6 Å². The van der Waals surface area contributed by atoms with Crippen molar-refractivity contribution in [3.63, 3.8) is 0 Å². The van der Waals surface area contributed by atoms with Gasteiger partial charge in [-0.15, -0.1) is 0 Å². The third-order valence-electron chi connectivity index (χ3n) is 1.29. The van der Waals surface area contributed by atoms with Crippen LogP contribution in [0.4, 0.5) is 0 Å². The lowest BCUT2D eigenvalue weighted by Gasteiger charge is -2.21. The molecule has 0 aromatic carbocycles. The van der Waals surface area contributed by atoms with E-state index in [0.29, 0.717) is 13.1 Å². The molecule has 0 amide bonds. The zero-order chi connectivity index (χ0) is 11.4. The summed E-state index contributed by atoms with van der Waals surface area (Å²) in [6, 6.07) is 0. The summed E-state index contributed by atoms with van der Waals surface area (Å²) in [5, 5.41) is 5.02. The van der Waals surface area contributed by atoms with Crippen molar-refractivity contribution in [2.75, 3.05) is 13.1 Å². The Balaban J connectivity index is 4.83. The summed E-state index contributed by atoms with van der Waals surface area (Å²) in [6.07, 6.45) is 0. The van der Waals surface area contributed by atoms with Crippen LogP contribution in [0.15, 0.2) is 0 Å². The molecule has 0 atom stereocenters. The summed E-state index contributed by atoms with van der Waals surface area (Å²) < 4.78 is 9.77. The van der Waals surface area contributed by atoms with Crippen LogP contribution in [0.3, 0.4) is 0 Å². The van der Waals surface area contributed by atoms with Gasteiger partial charge in [-0.3, -0.25) is 9.36 Å². The van der Waals surface area contributed by atoms with E-state index in [0.717, 1.165) is 0 Å². The molecular formula is C6H12Cl3N2O2P. The average molecular weight is 282 g/mol. The van der Waals surface area contributed by atoms with E-state index < -0.39 is 16.8 Å². The van der Waals surface area contributed by atoms with E-state index in [1.807, 2.05) is 0 Å². The van der Waals surface area contributed by atoms with E-state index in [-0.39, 0.29) is 0 Å². The molecule has 2 N–H and O–H groups in total. The van der Waals surface area contributed by atoms with Gasteiger partial charge in [0.1, 0.15) is 0 Å². The lowest BCUT2D eigenvalue weighted by Crippen LogP contribution is -2.33. The minimum Gasteiger partial charge on any atom is -0.283 e. The first-order valence-corrected chi connectivity index (χ1v) is 6.84. The molecule has 4 nitrogen and oxygen atoms in total. The van der Waals surface area contributed by atoms with Crippen LogP contribution in [0.1, 0.15) is 13.8 Å². The fourth-order valence-electron chi connectivity index (χ4n) is 0.823. The second-order valence-electron chi connectivity index (χ2n) is 2.44. The lowest BCUT2D eigenvalue weighted by molar-refractivity contribution is -0.111. The van der Waals surface area contributed by atoms with Crippen molar-refractivity contribution < 1.29 is 9.36 Å². The fraction of sp³-hybridized carbons (Fsp3) is 0.833. The Hall–Kier alpha value is 0.690. The van der Waals surface area contributed by atoms with Crippen LogP contribution in [0.25, 0.3) is 0 Å². The van der Waals surface area contributed by atoms with Crippen molar-refractivity contribution in [3.05, 3.63) is 0 Å². The first-order valence-electron chi connectivity index (χ1n) is 4.00. The highest BCUT2D eigenvalue weighted by atomic mass is 35.6. The molecule has 0 aliphatic heterocycles. The zero-order valence-electron chi connectivity index (χ0n) is 7.81. The number of alkyl halides is 3. The first kappa shape index (κ1) is 14.7. The quantitative estimate of drug-likeness (QED) is 0.600. The van der Waals surface area contributed by atoms with Crippen LogP contribution >= 0.6 is 42.2 Å². The van der Waals surface area contributed by atoms with E-state index >= 15 is 0 Å². The van der Waals surface area contributed by atoms with Gasteiger partial charge in [0.05, 0.1) is 0 Å². The molecule has 0 unspecified atom stereocenters. The van der Waals surface area contributed by atoms with Crippen molar-refractivity contribution in [3.8, 4) is 0 Å². The van der Waals surface area contributed by atoms with Crippen LogP contribution in [0.2, 0.25) is 0 Å². The summed E-state index contributed by atoms with van der Waals surface area (Å²) in [7, 11) is -3.47. The van der Waals surface area contributed by atoms with Gasteiger partial charge in [-0.1, -0.05) is 48.7 Å². The van der Waals surface area contributed by atoms with Crippen LogP contribution in [0.5, 0.6) is 0 Å². The van der Waals surface area contributed by atoms with Crippen molar-refractivity contribution in [1.82, 2.24) is 10.2 Å². The molecule has 8 heteroatoms. The number of carbonyl (C=O) groups excluding carboxylic acids is 1. The molecular weight excluding hydrogens is 269 g/mol. The monoisotopic (exact) mass is 280 g/mol. The minimum atomic E-state index is -3.47. The largest absolute Gasteiger partial charge is 0.283 e. The van der Waals surface area contributed by atoms with Crippen LogP contribution in [-0.2, 0) is 9.36 Å². The first-order chi connectivity index (χ1) is 6.28. The molecule has 0 spiro atoms. The third kappa shape index (κ3) is 4.05. The van der Waals surface area contributed by atoms with Crippen LogP contribution < -0.4 is 10.2 Å². The molecule has 0 aliphatic rings. The number of halogens is 3. The van der Waals surface area contributed by atoms with E-state index in [4.69, 9.17) is 34.8 Å². The highest BCUT2D eigenvalue weighted by Gasteiger charge is 2.44.